The van der Waals surface area contributed by atoms with Gasteiger partial charge in [-0.2, -0.15) is 13.2 Å². The third-order valence-electron chi connectivity index (χ3n) is 14.1. The number of carbonyl (C=O) groups is 2. The Morgan fingerprint density at radius 2 is 1.62 bits per heavy atom. The lowest BCUT2D eigenvalue weighted by molar-refractivity contribution is -0.317. The molecule has 366 valence electrons. The fourth-order valence-electron chi connectivity index (χ4n) is 10.1. The number of fused-ring (bicyclic) bond motifs is 5. The number of benzene rings is 1. The van der Waals surface area contributed by atoms with Crippen molar-refractivity contribution >= 4 is 29.3 Å². The SMILES string of the molecule is CC[C@H]1OC(=O)[C@H](C)[C@@H](O[C@H]2C[C@@](C)(OC)[C@@H](O)[C@H](C)O2)[C@H](C)[C@@H](O[C@@H]2O[C@H](C)C[C@H](N(C)C)[C@H]2O)[C@](C)(O)C[C@@H]2CN(C(=O)Nc3cc2c(Cl)c(C(F)(F)F)c3)[C@H](C)[C@@H](O)[C@]1(C)O. The Morgan fingerprint density at radius 1 is 0.984 bits per heavy atom. The molecule has 0 aliphatic carbocycles. The minimum Gasteiger partial charge on any atom is -0.459 e. The third kappa shape index (κ3) is 10.7. The van der Waals surface area contributed by atoms with Crippen molar-refractivity contribution in [2.75, 3.05) is 33.1 Å². The van der Waals surface area contributed by atoms with E-state index in [2.05, 4.69) is 5.32 Å². The first-order valence-corrected chi connectivity index (χ1v) is 22.4. The number of likely N-dealkylation sites (N-methyl/N-ethyl adjacent to an activating group) is 1. The molecule has 4 aliphatic heterocycles. The molecule has 20 heteroatoms. The van der Waals surface area contributed by atoms with Crippen LogP contribution in [-0.2, 0) is 39.4 Å². The summed E-state index contributed by atoms with van der Waals surface area (Å²) < 4.78 is 81.3. The van der Waals surface area contributed by atoms with E-state index in [1.807, 2.05) is 0 Å². The van der Waals surface area contributed by atoms with Crippen molar-refractivity contribution in [1.82, 2.24) is 9.80 Å². The predicted octanol–water partition coefficient (Wildman–Crippen LogP) is 4.64. The van der Waals surface area contributed by atoms with Crippen LogP contribution in [0.25, 0.3) is 0 Å². The Bertz CT molecular complexity index is 1810. The zero-order valence-electron chi connectivity index (χ0n) is 38.8. The molecule has 5 rings (SSSR count). The monoisotopic (exact) mass is 939 g/mol. The molecule has 3 saturated heterocycles. The number of hydrogen-bond acceptors (Lipinski definition) is 14. The molecule has 1 aromatic rings. The average molecular weight is 940 g/mol. The van der Waals surface area contributed by atoms with Crippen molar-refractivity contribution in [3.8, 4) is 0 Å². The Hall–Kier alpha value is -2.40. The number of aliphatic hydroxyl groups excluding tert-OH is 3. The van der Waals surface area contributed by atoms with Gasteiger partial charge in [-0.3, -0.25) is 4.79 Å². The number of cyclic esters (lactones) is 1. The minimum atomic E-state index is -4.96. The van der Waals surface area contributed by atoms with Gasteiger partial charge in [0.1, 0.15) is 30.0 Å². The van der Waals surface area contributed by atoms with Crippen LogP contribution >= 0.6 is 11.6 Å². The molecule has 3 fully saturated rings. The van der Waals surface area contributed by atoms with Crippen LogP contribution in [0, 0.1) is 11.8 Å². The molecule has 0 unspecified atom stereocenters. The lowest BCUT2D eigenvalue weighted by atomic mass is 9.75. The van der Waals surface area contributed by atoms with Crippen molar-refractivity contribution in [2.24, 2.45) is 11.8 Å². The van der Waals surface area contributed by atoms with Gasteiger partial charge in [0.2, 0.25) is 0 Å². The van der Waals surface area contributed by atoms with Gasteiger partial charge in [-0.1, -0.05) is 25.4 Å². The number of ether oxygens (including phenoxy) is 6. The summed E-state index contributed by atoms with van der Waals surface area (Å²) in [7, 11) is 4.98. The molecule has 4 heterocycles. The van der Waals surface area contributed by atoms with Crippen LogP contribution in [0.4, 0.5) is 23.7 Å². The minimum absolute atomic E-state index is 0.0125. The molecular weight excluding hydrogens is 871 g/mol. The van der Waals surface area contributed by atoms with Gasteiger partial charge in [0.25, 0.3) is 0 Å². The fraction of sp³-hybridized carbons (Fsp3) is 0.818. The van der Waals surface area contributed by atoms with E-state index < -0.39 is 150 Å². The standard InChI is InChI=1S/C44H69ClF3N3O13/c1-13-30-43(9,58)35(53)23(5)51-19-25(27-15-26(49-40(51)56)16-28(32(27)45)44(46,47)48)17-41(7,57)37(64-39-33(52)29(50(10)11)14-20(2)60-39)21(3)34(22(4)38(55)62-30)63-31-18-42(8,59-12)36(54)24(6)61-31/h15-16,20-25,29-31,33-37,39,52-54,57-58H,13-14,17-19H2,1-12H3,(H,49,56)/t20-,21+,22-,23-,24+,25-,29+,30-,31+,33-,34+,35-,36+,37-,39+,41-,42-,43-/m1/s1. The van der Waals surface area contributed by atoms with Crippen LogP contribution in [0.3, 0.4) is 0 Å². The van der Waals surface area contributed by atoms with E-state index in [-0.39, 0.29) is 24.1 Å². The number of halogens is 4. The third-order valence-corrected chi connectivity index (χ3v) is 14.5. The summed E-state index contributed by atoms with van der Waals surface area (Å²) in [5.74, 6) is -4.46. The van der Waals surface area contributed by atoms with Crippen LogP contribution in [0.15, 0.2) is 12.1 Å². The van der Waals surface area contributed by atoms with Gasteiger partial charge in [-0.05, 0) is 99.5 Å². The molecule has 1 aromatic carbocycles. The first kappa shape index (κ1) is 52.6. The quantitative estimate of drug-likeness (QED) is 0.206. The summed E-state index contributed by atoms with van der Waals surface area (Å²) >= 11 is 6.64. The molecule has 6 N–H and O–H groups in total. The van der Waals surface area contributed by atoms with Gasteiger partial charge < -0.3 is 69.1 Å². The molecular formula is C44H69ClF3N3O13. The van der Waals surface area contributed by atoms with E-state index in [4.69, 9.17) is 40.0 Å². The number of nitrogens with one attached hydrogen (secondary N) is 1. The van der Waals surface area contributed by atoms with E-state index in [9.17, 15) is 48.3 Å². The zero-order chi connectivity index (χ0) is 48.2. The number of aliphatic hydroxyl groups is 5. The highest BCUT2D eigenvalue weighted by molar-refractivity contribution is 6.32. The van der Waals surface area contributed by atoms with Gasteiger partial charge in [0, 0.05) is 43.6 Å². The Balaban J connectivity index is 1.75. The van der Waals surface area contributed by atoms with E-state index >= 15 is 0 Å². The lowest BCUT2D eigenvalue weighted by Crippen LogP contribution is -2.61. The van der Waals surface area contributed by atoms with Crippen molar-refractivity contribution in [2.45, 2.75) is 190 Å². The molecule has 0 radical (unpaired) electrons. The second-order valence-corrected chi connectivity index (χ2v) is 19.7. The fourth-order valence-corrected chi connectivity index (χ4v) is 10.5. The first-order chi connectivity index (χ1) is 29.5. The maximum absolute atomic E-state index is 14.6. The van der Waals surface area contributed by atoms with Crippen molar-refractivity contribution < 1.29 is 76.7 Å². The van der Waals surface area contributed by atoms with E-state index in [0.29, 0.717) is 12.5 Å². The van der Waals surface area contributed by atoms with Crippen LogP contribution in [-0.4, -0.2) is 165 Å². The summed E-state index contributed by atoms with van der Waals surface area (Å²) in [6.45, 7) is 13.5. The smallest absolute Gasteiger partial charge is 0.417 e. The number of alkyl halides is 3. The Kier molecular flexibility index (Phi) is 16.2. The highest BCUT2D eigenvalue weighted by Crippen LogP contribution is 2.46. The Labute approximate surface area is 378 Å². The summed E-state index contributed by atoms with van der Waals surface area (Å²) in [5, 5.41) is 61.6. The van der Waals surface area contributed by atoms with E-state index in [1.54, 1.807) is 53.6 Å². The lowest BCUT2D eigenvalue weighted by Gasteiger charge is -2.49. The van der Waals surface area contributed by atoms with Crippen LogP contribution in [0.2, 0.25) is 5.02 Å². The zero-order valence-corrected chi connectivity index (χ0v) is 39.5. The molecule has 4 aliphatic rings. The molecule has 18 atom stereocenters. The Morgan fingerprint density at radius 3 is 2.20 bits per heavy atom. The number of carbonyl (C=O) groups excluding carboxylic acids is 2. The van der Waals surface area contributed by atoms with Gasteiger partial charge >= 0.3 is 18.2 Å². The van der Waals surface area contributed by atoms with E-state index in [1.165, 1.54) is 40.9 Å². The summed E-state index contributed by atoms with van der Waals surface area (Å²) in [6, 6.07) is -0.692. The highest BCUT2D eigenvalue weighted by Gasteiger charge is 2.54. The van der Waals surface area contributed by atoms with Crippen molar-refractivity contribution in [3.63, 3.8) is 0 Å². The van der Waals surface area contributed by atoms with Gasteiger partial charge in [-0.15, -0.1) is 0 Å². The normalized spacial score (nSPS) is 43.1. The molecule has 16 nitrogen and oxygen atoms in total. The van der Waals surface area contributed by atoms with E-state index in [0.717, 1.165) is 4.90 Å². The molecule has 0 spiro atoms. The number of esters is 1. The summed E-state index contributed by atoms with van der Waals surface area (Å²) in [4.78, 5) is 31.5. The van der Waals surface area contributed by atoms with Crippen LogP contribution in [0.5, 0.6) is 0 Å². The van der Waals surface area contributed by atoms with Gasteiger partial charge in [0.05, 0.1) is 58.2 Å². The molecule has 2 amide bonds. The predicted molar refractivity (Wildman–Crippen MR) is 227 cm³/mol. The molecule has 4 bridgehead atoms. The molecule has 64 heavy (non-hydrogen) atoms. The number of methoxy groups -OCH3 is 1. The number of rotatable bonds is 7. The maximum Gasteiger partial charge on any atom is 0.417 e. The average Bonchev–Trinajstić information content (AvgIpc) is 3.20. The second-order valence-electron chi connectivity index (χ2n) is 19.3. The number of nitrogens with zero attached hydrogens (tertiary/aromatic N) is 2. The highest BCUT2D eigenvalue weighted by atomic mass is 35.5. The van der Waals surface area contributed by atoms with Crippen LogP contribution in [0.1, 0.15) is 105 Å². The molecule has 0 aromatic heterocycles. The number of hydrogen-bond donors (Lipinski definition) is 6. The first-order valence-electron chi connectivity index (χ1n) is 22.0. The summed E-state index contributed by atoms with van der Waals surface area (Å²) in [5.41, 5.74) is -7.13. The maximum atomic E-state index is 14.6. The van der Waals surface area contributed by atoms with Crippen molar-refractivity contribution in [3.05, 3.63) is 28.3 Å². The number of urea groups is 1. The van der Waals surface area contributed by atoms with Gasteiger partial charge in [-0.25, -0.2) is 4.79 Å². The molecule has 0 saturated carbocycles. The largest absolute Gasteiger partial charge is 0.459 e. The van der Waals surface area contributed by atoms with Crippen molar-refractivity contribution in [1.29, 1.82) is 0 Å². The second kappa shape index (κ2) is 19.7. The topological polar surface area (TPSA) is 209 Å². The number of anilines is 1. The van der Waals surface area contributed by atoms with Crippen LogP contribution < -0.4 is 5.32 Å². The summed E-state index contributed by atoms with van der Waals surface area (Å²) in [6.07, 6.45) is -17.2. The number of amides is 2. The van der Waals surface area contributed by atoms with Gasteiger partial charge in [0.15, 0.2) is 12.6 Å².